The van der Waals surface area contributed by atoms with Crippen molar-refractivity contribution in [1.82, 2.24) is 10.3 Å². The van der Waals surface area contributed by atoms with Crippen molar-refractivity contribution in [2.24, 2.45) is 0 Å². The van der Waals surface area contributed by atoms with Crippen molar-refractivity contribution < 1.29 is 14.0 Å². The summed E-state index contributed by atoms with van der Waals surface area (Å²) in [4.78, 5) is 31.8. The molecule has 1 aromatic heterocycles. The Morgan fingerprint density at radius 3 is 3.04 bits per heavy atom. The minimum Gasteiger partial charge on any atom is -0.447 e. The Kier molecular flexibility index (Phi) is 5.11. The van der Waals surface area contributed by atoms with E-state index >= 15 is 0 Å². The lowest BCUT2D eigenvalue weighted by atomic mass is 10.1. The number of carbonyl (C=O) groups is 2. The summed E-state index contributed by atoms with van der Waals surface area (Å²) in [6.07, 6.45) is 11.4. The number of allylic oxidation sites excluding steroid dienone is 2. The van der Waals surface area contributed by atoms with E-state index in [1.807, 2.05) is 6.07 Å². The third-order valence-corrected chi connectivity index (χ3v) is 5.51. The molecule has 2 aromatic rings. The molecule has 0 unspecified atom stereocenters. The summed E-state index contributed by atoms with van der Waals surface area (Å²) in [6, 6.07) is 5.48. The molecular formula is C20H19N3O3S. The van der Waals surface area contributed by atoms with Gasteiger partial charge in [0.05, 0.1) is 30.7 Å². The van der Waals surface area contributed by atoms with E-state index in [4.69, 9.17) is 4.42 Å². The van der Waals surface area contributed by atoms with Gasteiger partial charge in [0, 0.05) is 10.5 Å². The van der Waals surface area contributed by atoms with Gasteiger partial charge in [-0.1, -0.05) is 18.2 Å². The fourth-order valence-electron chi connectivity index (χ4n) is 3.08. The van der Waals surface area contributed by atoms with Crippen LogP contribution in [0.25, 0.3) is 0 Å². The second kappa shape index (κ2) is 7.84. The molecule has 27 heavy (non-hydrogen) atoms. The van der Waals surface area contributed by atoms with Crippen LogP contribution in [0.3, 0.4) is 0 Å². The maximum atomic E-state index is 12.5. The maximum Gasteiger partial charge on any atom is 0.251 e. The lowest BCUT2D eigenvalue weighted by molar-refractivity contribution is -0.116. The minimum absolute atomic E-state index is 0.0599. The third-order valence-electron chi connectivity index (χ3n) is 4.46. The van der Waals surface area contributed by atoms with E-state index < -0.39 is 0 Å². The molecule has 1 aliphatic carbocycles. The highest BCUT2D eigenvalue weighted by molar-refractivity contribution is 8.00. The maximum absolute atomic E-state index is 12.5. The van der Waals surface area contributed by atoms with Crippen LogP contribution in [0.15, 0.2) is 63.8 Å². The molecule has 0 bridgehead atoms. The molecule has 1 aromatic carbocycles. The van der Waals surface area contributed by atoms with E-state index in [0.717, 1.165) is 29.0 Å². The standard InChI is InChI=1S/C20H19N3O3S/c24-19-13-27-17-7-6-15(20(25)22-11-18-21-8-9-26-18)10-16(17)23(19)12-14-4-2-1-3-5-14/h2,4-10H,1,3,11-13H2,(H,22,25). The van der Waals surface area contributed by atoms with Crippen LogP contribution >= 0.6 is 11.8 Å². The van der Waals surface area contributed by atoms with Crippen LogP contribution in [-0.4, -0.2) is 29.1 Å². The van der Waals surface area contributed by atoms with E-state index in [0.29, 0.717) is 23.8 Å². The molecule has 0 atom stereocenters. The van der Waals surface area contributed by atoms with Crippen molar-refractivity contribution in [3.8, 4) is 0 Å². The van der Waals surface area contributed by atoms with Crippen LogP contribution < -0.4 is 10.2 Å². The number of aromatic nitrogens is 1. The molecule has 138 valence electrons. The Balaban J connectivity index is 1.54. The number of hydrogen-bond donors (Lipinski definition) is 1. The van der Waals surface area contributed by atoms with Gasteiger partial charge >= 0.3 is 0 Å². The van der Waals surface area contributed by atoms with Crippen molar-refractivity contribution >= 4 is 29.3 Å². The predicted molar refractivity (Wildman–Crippen MR) is 104 cm³/mol. The number of hydrogen-bond acceptors (Lipinski definition) is 5. The number of fused-ring (bicyclic) bond motifs is 1. The molecular weight excluding hydrogens is 362 g/mol. The Morgan fingerprint density at radius 1 is 1.33 bits per heavy atom. The summed E-state index contributed by atoms with van der Waals surface area (Å²) in [5, 5.41) is 2.79. The lowest BCUT2D eigenvalue weighted by Crippen LogP contribution is -2.37. The first-order valence-electron chi connectivity index (χ1n) is 8.80. The SMILES string of the molecule is O=C(NCc1ncco1)c1ccc2c(c1)N(CC1=CCCC=C1)C(=O)CS2. The Bertz CT molecular complexity index is 919. The molecule has 6 nitrogen and oxygen atoms in total. The van der Waals surface area contributed by atoms with Crippen molar-refractivity contribution in [2.45, 2.75) is 24.3 Å². The summed E-state index contributed by atoms with van der Waals surface area (Å²) in [6.45, 7) is 0.752. The third kappa shape index (κ3) is 3.98. The number of nitrogens with one attached hydrogen (secondary N) is 1. The largest absolute Gasteiger partial charge is 0.447 e. The van der Waals surface area contributed by atoms with E-state index in [2.05, 4.69) is 28.5 Å². The van der Waals surface area contributed by atoms with Gasteiger partial charge in [0.1, 0.15) is 6.26 Å². The number of oxazole rings is 1. The minimum atomic E-state index is -0.226. The fourth-order valence-corrected chi connectivity index (χ4v) is 4.00. The van der Waals surface area contributed by atoms with E-state index in [9.17, 15) is 9.59 Å². The zero-order valence-corrected chi connectivity index (χ0v) is 15.5. The van der Waals surface area contributed by atoms with Crippen molar-refractivity contribution in [2.75, 3.05) is 17.2 Å². The van der Waals surface area contributed by atoms with Crippen LogP contribution in [0.1, 0.15) is 29.1 Å². The van der Waals surface area contributed by atoms with Gasteiger partial charge < -0.3 is 14.6 Å². The zero-order chi connectivity index (χ0) is 18.6. The first kappa shape index (κ1) is 17.6. The topological polar surface area (TPSA) is 75.4 Å². The molecule has 0 radical (unpaired) electrons. The first-order chi connectivity index (χ1) is 13.2. The number of anilines is 1. The Labute approximate surface area is 161 Å². The predicted octanol–water partition coefficient (Wildman–Crippen LogP) is 3.32. The lowest BCUT2D eigenvalue weighted by Gasteiger charge is -2.30. The Hall–Kier alpha value is -2.80. The van der Waals surface area contributed by atoms with Crippen LogP contribution in [0, 0.1) is 0 Å². The quantitative estimate of drug-likeness (QED) is 0.860. The molecule has 1 aliphatic heterocycles. The summed E-state index contributed by atoms with van der Waals surface area (Å²) in [5.74, 6) is 0.699. The highest BCUT2D eigenvalue weighted by Gasteiger charge is 2.26. The highest BCUT2D eigenvalue weighted by Crippen LogP contribution is 2.36. The van der Waals surface area contributed by atoms with Crippen molar-refractivity contribution in [3.63, 3.8) is 0 Å². The summed E-state index contributed by atoms with van der Waals surface area (Å²) in [7, 11) is 0. The second-order valence-corrected chi connectivity index (χ2v) is 7.34. The van der Waals surface area contributed by atoms with Gasteiger partial charge in [0.2, 0.25) is 11.8 Å². The van der Waals surface area contributed by atoms with Gasteiger partial charge in [-0.2, -0.15) is 0 Å². The fraction of sp³-hybridized carbons (Fsp3) is 0.250. The average Bonchev–Trinajstić information content (AvgIpc) is 3.22. The summed E-state index contributed by atoms with van der Waals surface area (Å²) in [5.41, 5.74) is 2.43. The molecule has 0 saturated carbocycles. The first-order valence-corrected chi connectivity index (χ1v) is 9.78. The zero-order valence-electron chi connectivity index (χ0n) is 14.7. The number of benzene rings is 1. The Morgan fingerprint density at radius 2 is 2.26 bits per heavy atom. The number of amides is 2. The van der Waals surface area contributed by atoms with Crippen LogP contribution in [-0.2, 0) is 11.3 Å². The number of rotatable bonds is 5. The van der Waals surface area contributed by atoms with Gasteiger partial charge in [-0.25, -0.2) is 4.98 Å². The number of thioether (sulfide) groups is 1. The molecule has 7 heteroatoms. The van der Waals surface area contributed by atoms with Crippen molar-refractivity contribution in [3.05, 3.63) is 65.9 Å². The molecule has 0 spiro atoms. The van der Waals surface area contributed by atoms with E-state index in [1.54, 1.807) is 17.0 Å². The van der Waals surface area contributed by atoms with Crippen LogP contribution in [0.5, 0.6) is 0 Å². The van der Waals surface area contributed by atoms with Crippen LogP contribution in [0.2, 0.25) is 0 Å². The van der Waals surface area contributed by atoms with Gasteiger partial charge in [0.15, 0.2) is 0 Å². The van der Waals surface area contributed by atoms with Gasteiger partial charge in [-0.15, -0.1) is 11.8 Å². The normalized spacial score (nSPS) is 16.1. The van der Waals surface area contributed by atoms with Gasteiger partial charge in [-0.05, 0) is 36.6 Å². The van der Waals surface area contributed by atoms with E-state index in [1.165, 1.54) is 24.2 Å². The number of carbonyl (C=O) groups excluding carboxylic acids is 2. The molecule has 2 aliphatic rings. The van der Waals surface area contributed by atoms with Gasteiger partial charge in [-0.3, -0.25) is 9.59 Å². The summed E-state index contributed by atoms with van der Waals surface area (Å²) >= 11 is 1.51. The molecule has 2 amide bonds. The monoisotopic (exact) mass is 381 g/mol. The van der Waals surface area contributed by atoms with E-state index in [-0.39, 0.29) is 18.4 Å². The summed E-state index contributed by atoms with van der Waals surface area (Å²) < 4.78 is 5.13. The number of nitrogens with zero attached hydrogens (tertiary/aromatic N) is 2. The molecule has 0 saturated heterocycles. The van der Waals surface area contributed by atoms with Crippen LogP contribution in [0.4, 0.5) is 5.69 Å². The molecule has 0 fully saturated rings. The second-order valence-electron chi connectivity index (χ2n) is 6.32. The van der Waals surface area contributed by atoms with Gasteiger partial charge in [0.25, 0.3) is 5.91 Å². The highest BCUT2D eigenvalue weighted by atomic mass is 32.2. The smallest absolute Gasteiger partial charge is 0.251 e. The average molecular weight is 381 g/mol. The molecule has 2 heterocycles. The molecule has 4 rings (SSSR count). The van der Waals surface area contributed by atoms with Crippen molar-refractivity contribution in [1.29, 1.82) is 0 Å². The molecule has 1 N–H and O–H groups in total.